The number of aliphatic hydroxyl groups excluding tert-OH is 1. The molecule has 0 unspecified atom stereocenters. The molecule has 0 bridgehead atoms. The number of hydrogen-bond acceptors (Lipinski definition) is 6. The van der Waals surface area contributed by atoms with E-state index in [0.29, 0.717) is 11.8 Å². The Bertz CT molecular complexity index is 641. The summed E-state index contributed by atoms with van der Waals surface area (Å²) in [4.78, 5) is 14.4. The maximum Gasteiger partial charge on any atom is 0.225 e. The van der Waals surface area contributed by atoms with E-state index in [4.69, 9.17) is 14.7 Å². The normalized spacial score (nSPS) is 32.7. The smallest absolute Gasteiger partial charge is 0.225 e. The van der Waals surface area contributed by atoms with Crippen molar-refractivity contribution in [3.8, 4) is 0 Å². The van der Waals surface area contributed by atoms with Crippen LogP contribution in [0.3, 0.4) is 0 Å². The quantitative estimate of drug-likeness (QED) is 0.853. The average Bonchev–Trinajstić information content (AvgIpc) is 2.94. The van der Waals surface area contributed by atoms with E-state index in [-0.39, 0.29) is 24.7 Å². The lowest BCUT2D eigenvalue weighted by molar-refractivity contribution is -0.0725. The number of aryl methyl sites for hydroxylation is 1. The van der Waals surface area contributed by atoms with Crippen molar-refractivity contribution in [2.24, 2.45) is 11.8 Å². The molecule has 3 aliphatic rings. The zero-order chi connectivity index (χ0) is 19.0. The van der Waals surface area contributed by atoms with Crippen LogP contribution in [0.5, 0.6) is 0 Å². The Morgan fingerprint density at radius 2 is 1.78 bits per heavy atom. The Hall–Kier alpha value is -1.24. The van der Waals surface area contributed by atoms with Crippen LogP contribution in [0, 0.1) is 18.8 Å². The van der Waals surface area contributed by atoms with Crippen LogP contribution in [0.2, 0.25) is 0 Å². The van der Waals surface area contributed by atoms with Gasteiger partial charge in [-0.2, -0.15) is 0 Å². The van der Waals surface area contributed by atoms with E-state index in [1.807, 2.05) is 0 Å². The topological polar surface area (TPSA) is 61.7 Å². The van der Waals surface area contributed by atoms with Crippen molar-refractivity contribution in [1.29, 1.82) is 0 Å². The summed E-state index contributed by atoms with van der Waals surface area (Å²) in [7, 11) is 0. The summed E-state index contributed by atoms with van der Waals surface area (Å²) in [6.45, 7) is 11.4. The number of rotatable bonds is 5. The molecule has 1 aliphatic carbocycles. The molecule has 0 spiro atoms. The highest BCUT2D eigenvalue weighted by molar-refractivity contribution is 5.36. The number of morpholine rings is 1. The fourth-order valence-corrected chi connectivity index (χ4v) is 4.91. The molecule has 150 valence electrons. The van der Waals surface area contributed by atoms with Gasteiger partial charge in [0.2, 0.25) is 5.95 Å². The number of ether oxygens (including phenoxy) is 1. The molecule has 6 nitrogen and oxygen atoms in total. The van der Waals surface area contributed by atoms with Gasteiger partial charge in [0, 0.05) is 62.6 Å². The number of aromatic nitrogens is 2. The summed E-state index contributed by atoms with van der Waals surface area (Å²) < 4.78 is 5.87. The highest BCUT2D eigenvalue weighted by Crippen LogP contribution is 2.36. The Balaban J connectivity index is 1.45. The molecule has 3 fully saturated rings. The minimum atomic E-state index is 0.234. The lowest BCUT2D eigenvalue weighted by atomic mass is 9.83. The van der Waals surface area contributed by atoms with E-state index in [1.54, 1.807) is 0 Å². The van der Waals surface area contributed by atoms with Gasteiger partial charge in [0.05, 0.1) is 12.2 Å². The monoisotopic (exact) mass is 374 g/mol. The molecule has 0 radical (unpaired) electrons. The first-order valence-electron chi connectivity index (χ1n) is 10.6. The van der Waals surface area contributed by atoms with Crippen LogP contribution in [0.1, 0.15) is 50.4 Å². The van der Waals surface area contributed by atoms with Crippen molar-refractivity contribution >= 4 is 5.95 Å². The van der Waals surface area contributed by atoms with E-state index in [1.165, 1.54) is 25.0 Å². The Morgan fingerprint density at radius 3 is 2.41 bits per heavy atom. The third kappa shape index (κ3) is 4.28. The van der Waals surface area contributed by atoms with Gasteiger partial charge in [-0.25, -0.2) is 9.97 Å². The molecule has 2 aliphatic heterocycles. The summed E-state index contributed by atoms with van der Waals surface area (Å²) in [6, 6.07) is 2.15. The zero-order valence-corrected chi connectivity index (χ0v) is 17.0. The SMILES string of the molecule is Cc1cc(C2CCC2)nc(N2C[C@@H](CN3C[C@@H](C)O[C@@H](C)C3)[C@@H](CO)C2)n1. The largest absolute Gasteiger partial charge is 0.396 e. The summed E-state index contributed by atoms with van der Waals surface area (Å²) >= 11 is 0. The summed E-state index contributed by atoms with van der Waals surface area (Å²) in [6.07, 6.45) is 4.39. The first-order valence-corrected chi connectivity index (χ1v) is 10.6. The van der Waals surface area contributed by atoms with E-state index < -0.39 is 0 Å². The highest BCUT2D eigenvalue weighted by atomic mass is 16.5. The van der Waals surface area contributed by atoms with Crippen LogP contribution in [0.25, 0.3) is 0 Å². The lowest BCUT2D eigenvalue weighted by Crippen LogP contribution is -2.48. The predicted octanol–water partition coefficient (Wildman–Crippen LogP) is 2.21. The van der Waals surface area contributed by atoms with Gasteiger partial charge >= 0.3 is 0 Å². The van der Waals surface area contributed by atoms with E-state index in [9.17, 15) is 5.11 Å². The van der Waals surface area contributed by atoms with Crippen LogP contribution >= 0.6 is 0 Å². The molecule has 6 heteroatoms. The molecule has 1 aromatic rings. The average molecular weight is 375 g/mol. The minimum absolute atomic E-state index is 0.234. The van der Waals surface area contributed by atoms with Gasteiger partial charge in [0.15, 0.2) is 0 Å². The minimum Gasteiger partial charge on any atom is -0.396 e. The van der Waals surface area contributed by atoms with Crippen LogP contribution in [-0.4, -0.2) is 71.5 Å². The molecule has 3 heterocycles. The maximum absolute atomic E-state index is 9.97. The zero-order valence-electron chi connectivity index (χ0n) is 17.0. The van der Waals surface area contributed by atoms with Crippen molar-refractivity contribution < 1.29 is 9.84 Å². The molecule has 4 atom stereocenters. The van der Waals surface area contributed by atoms with Gasteiger partial charge < -0.3 is 14.7 Å². The second kappa shape index (κ2) is 8.02. The van der Waals surface area contributed by atoms with Crippen molar-refractivity contribution in [2.75, 3.05) is 44.2 Å². The van der Waals surface area contributed by atoms with Crippen LogP contribution < -0.4 is 4.90 Å². The lowest BCUT2D eigenvalue weighted by Gasteiger charge is -2.37. The molecular weight excluding hydrogens is 340 g/mol. The van der Waals surface area contributed by atoms with Gasteiger partial charge in [-0.15, -0.1) is 0 Å². The molecule has 27 heavy (non-hydrogen) atoms. The van der Waals surface area contributed by atoms with Gasteiger partial charge in [0.25, 0.3) is 0 Å². The summed E-state index contributed by atoms with van der Waals surface area (Å²) in [5, 5.41) is 9.97. The summed E-state index contributed by atoms with van der Waals surface area (Å²) in [5.74, 6) is 2.22. The van der Waals surface area contributed by atoms with Gasteiger partial charge in [-0.05, 0) is 45.6 Å². The standard InChI is InChI=1S/C21H34N4O2/c1-14-7-20(17-5-4-6-17)23-21(22-14)25-11-18(19(12-25)13-26)10-24-8-15(2)27-16(3)9-24/h7,15-19,26H,4-6,8-13H2,1-3H3/t15-,16+,18-,19-/m1/s1. The van der Waals surface area contributed by atoms with Crippen molar-refractivity contribution in [3.63, 3.8) is 0 Å². The molecule has 4 rings (SSSR count). The molecule has 2 saturated heterocycles. The third-order valence-electron chi connectivity index (χ3n) is 6.47. The van der Waals surface area contributed by atoms with Crippen molar-refractivity contribution in [1.82, 2.24) is 14.9 Å². The maximum atomic E-state index is 9.97. The first-order chi connectivity index (χ1) is 13.0. The molecular formula is C21H34N4O2. The fourth-order valence-electron chi connectivity index (χ4n) is 4.91. The predicted molar refractivity (Wildman–Crippen MR) is 106 cm³/mol. The van der Waals surface area contributed by atoms with Gasteiger partial charge in [0.1, 0.15) is 0 Å². The number of anilines is 1. The van der Waals surface area contributed by atoms with E-state index in [0.717, 1.165) is 44.4 Å². The number of aliphatic hydroxyl groups is 1. The van der Waals surface area contributed by atoms with Crippen molar-refractivity contribution in [2.45, 2.75) is 58.2 Å². The second-order valence-electron chi connectivity index (χ2n) is 8.95. The van der Waals surface area contributed by atoms with Crippen LogP contribution in [0.4, 0.5) is 5.95 Å². The number of hydrogen-bond donors (Lipinski definition) is 1. The molecule has 0 amide bonds. The van der Waals surface area contributed by atoms with E-state index in [2.05, 4.69) is 36.6 Å². The van der Waals surface area contributed by atoms with Crippen LogP contribution in [-0.2, 0) is 4.74 Å². The molecule has 1 N–H and O–H groups in total. The Labute approximate surface area is 162 Å². The number of nitrogens with zero attached hydrogens (tertiary/aromatic N) is 4. The summed E-state index contributed by atoms with van der Waals surface area (Å²) in [5.41, 5.74) is 2.27. The fraction of sp³-hybridized carbons (Fsp3) is 0.810. The Morgan fingerprint density at radius 1 is 1.07 bits per heavy atom. The van der Waals surface area contributed by atoms with Crippen LogP contribution in [0.15, 0.2) is 6.07 Å². The van der Waals surface area contributed by atoms with Gasteiger partial charge in [-0.1, -0.05) is 6.42 Å². The second-order valence-corrected chi connectivity index (χ2v) is 8.95. The first kappa shape index (κ1) is 19.1. The Kier molecular flexibility index (Phi) is 5.67. The van der Waals surface area contributed by atoms with Crippen molar-refractivity contribution in [3.05, 3.63) is 17.5 Å². The van der Waals surface area contributed by atoms with Gasteiger partial charge in [-0.3, -0.25) is 4.90 Å². The highest BCUT2D eigenvalue weighted by Gasteiger charge is 2.36. The molecule has 1 saturated carbocycles. The van der Waals surface area contributed by atoms with E-state index >= 15 is 0 Å². The third-order valence-corrected chi connectivity index (χ3v) is 6.47. The molecule has 1 aromatic heterocycles. The molecule has 0 aromatic carbocycles.